The summed E-state index contributed by atoms with van der Waals surface area (Å²) in [7, 11) is -14.8. The SMILES string of the molecule is O=C(Nc1ccc2c(O)c(N=Nc3ccc(-c4ccc(N=Nc5c(O)c(S(=O)(=O)O)cc6cc(S(=O)(=O)O)ccc56)c(O)c4)cc3O)c(S(=O)(=O)O)cc2c1)c1ccccc1.[Cu].[Cu].[Na+].[Na+].[Na+]. The molecule has 332 valence electrons. The molecular weight excluding hydrogens is 1050 g/mol. The van der Waals surface area contributed by atoms with Gasteiger partial charge in [0.2, 0.25) is 0 Å². The van der Waals surface area contributed by atoms with Crippen LogP contribution in [0.15, 0.2) is 150 Å². The zero-order valence-electron chi connectivity index (χ0n) is 34.1. The number of carbonyl (C=O) groups is 1. The first-order valence-electron chi connectivity index (χ1n) is 17.1. The molecule has 0 aliphatic rings. The molecule has 0 aliphatic carbocycles. The van der Waals surface area contributed by atoms with Gasteiger partial charge in [0.05, 0.1) is 4.90 Å². The molecule has 8 N–H and O–H groups in total. The van der Waals surface area contributed by atoms with Crippen molar-refractivity contribution in [1.82, 2.24) is 0 Å². The Morgan fingerprint density at radius 1 is 0.485 bits per heavy atom. The zero-order valence-corrected chi connectivity index (χ0v) is 44.4. The van der Waals surface area contributed by atoms with Gasteiger partial charge in [-0.25, -0.2) is 0 Å². The van der Waals surface area contributed by atoms with Gasteiger partial charge in [-0.2, -0.15) is 25.3 Å². The normalized spacial score (nSPS) is 11.5. The standard InChI is InChI=1S/C39H27N5O14S3.2Cu.3Na/c45-31-16-21(6-12-29(31)41-43-35-27-11-9-26(59(50,51)52)15-24(27)19-34(38(35)48)61(56,57)58)22-7-13-30(32(46)17-22)42-44-36-33(60(53,54)55)18-23-14-25(8-10-28(23)37(36)47)40-39(49)20-4-2-1-3-5-20;;;;;/h1-19,45-48H,(H,40,49)(H,50,51,52)(H,53,54,55)(H,56,57,58);;;;;/q;;;3*+1. The second kappa shape index (κ2) is 23.3. The number of nitrogens with one attached hydrogen (secondary N) is 1. The molecule has 0 aliphatic heterocycles. The minimum Gasteiger partial charge on any atom is -0.506 e. The fraction of sp³-hybridized carbons (Fsp3) is 0. The molecule has 7 aromatic carbocycles. The number of benzene rings is 7. The number of fused-ring (bicyclic) bond motifs is 2. The van der Waals surface area contributed by atoms with Crippen LogP contribution in [0, 0.1) is 0 Å². The Labute approximate surface area is 462 Å². The molecule has 0 spiro atoms. The largest absolute Gasteiger partial charge is 1.00 e. The Hall–Kier alpha value is -3.30. The fourth-order valence-corrected chi connectivity index (χ4v) is 7.88. The molecular formula is C39H27Cu2N5Na3O14S3+3. The van der Waals surface area contributed by atoms with Crippen molar-refractivity contribution in [3.63, 3.8) is 0 Å². The van der Waals surface area contributed by atoms with E-state index in [0.29, 0.717) is 16.7 Å². The van der Waals surface area contributed by atoms with Crippen LogP contribution >= 0.6 is 0 Å². The Balaban J connectivity index is 0.00000299. The van der Waals surface area contributed by atoms with Crippen LogP contribution < -0.4 is 94.0 Å². The van der Waals surface area contributed by atoms with E-state index in [-0.39, 0.29) is 161 Å². The van der Waals surface area contributed by atoms with Crippen LogP contribution in [0.2, 0.25) is 0 Å². The van der Waals surface area contributed by atoms with Crippen molar-refractivity contribution in [1.29, 1.82) is 0 Å². The van der Waals surface area contributed by atoms with Crippen LogP contribution in [0.25, 0.3) is 32.7 Å². The summed E-state index contributed by atoms with van der Waals surface area (Å²) >= 11 is 0. The Bertz CT molecular complexity index is 3410. The predicted molar refractivity (Wildman–Crippen MR) is 219 cm³/mol. The van der Waals surface area contributed by atoms with E-state index in [9.17, 15) is 64.1 Å². The molecule has 0 atom stereocenters. The van der Waals surface area contributed by atoms with Crippen LogP contribution in [0.3, 0.4) is 0 Å². The van der Waals surface area contributed by atoms with Gasteiger partial charge in [-0.1, -0.05) is 36.4 Å². The quantitative estimate of drug-likeness (QED) is 0.0478. The maximum Gasteiger partial charge on any atom is 1.00 e. The van der Waals surface area contributed by atoms with Crippen LogP contribution in [0.4, 0.5) is 28.4 Å². The van der Waals surface area contributed by atoms with E-state index in [0.717, 1.165) is 30.3 Å². The van der Waals surface area contributed by atoms with Gasteiger partial charge in [0, 0.05) is 56.2 Å². The van der Waals surface area contributed by atoms with Gasteiger partial charge in [0.1, 0.15) is 44.0 Å². The third kappa shape index (κ3) is 13.1. The first kappa shape index (κ1) is 58.8. The Morgan fingerprint density at radius 2 is 0.985 bits per heavy atom. The average molecular weight is 1080 g/mol. The molecule has 0 aromatic heterocycles. The van der Waals surface area contributed by atoms with E-state index in [2.05, 4.69) is 25.8 Å². The maximum absolute atomic E-state index is 12.6. The van der Waals surface area contributed by atoms with E-state index < -0.39 is 85.3 Å². The van der Waals surface area contributed by atoms with Crippen molar-refractivity contribution in [2.24, 2.45) is 20.5 Å². The molecule has 7 rings (SSSR count). The number of phenolic OH excluding ortho intramolecular Hbond substituents is 4. The topological polar surface area (TPSA) is 323 Å². The Kier molecular flexibility index (Phi) is 20.8. The minimum atomic E-state index is -5.08. The average Bonchev–Trinajstić information content (AvgIpc) is 3.19. The number of phenols is 4. The molecule has 0 saturated carbocycles. The number of amides is 1. The van der Waals surface area contributed by atoms with Crippen molar-refractivity contribution >= 4 is 86.2 Å². The van der Waals surface area contributed by atoms with Gasteiger partial charge in [0.15, 0.2) is 11.5 Å². The van der Waals surface area contributed by atoms with Gasteiger partial charge < -0.3 is 25.7 Å². The van der Waals surface area contributed by atoms with Gasteiger partial charge in [-0.15, -0.1) is 20.5 Å². The first-order chi connectivity index (χ1) is 28.7. The monoisotopic (exact) mass is 1080 g/mol. The molecule has 0 bridgehead atoms. The van der Waals surface area contributed by atoms with Crippen molar-refractivity contribution < 1.29 is 187 Å². The van der Waals surface area contributed by atoms with Gasteiger partial charge in [0.25, 0.3) is 36.3 Å². The number of hydrogen-bond donors (Lipinski definition) is 8. The summed E-state index contributed by atoms with van der Waals surface area (Å²) in [6, 6.07) is 25.1. The van der Waals surface area contributed by atoms with Crippen molar-refractivity contribution in [2.45, 2.75) is 14.7 Å². The van der Waals surface area contributed by atoms with E-state index in [1.165, 1.54) is 54.6 Å². The summed E-state index contributed by atoms with van der Waals surface area (Å²) in [6.45, 7) is 0. The summed E-state index contributed by atoms with van der Waals surface area (Å²) in [5, 5.41) is 61.5. The van der Waals surface area contributed by atoms with E-state index >= 15 is 0 Å². The zero-order chi connectivity index (χ0) is 44.0. The molecule has 19 nitrogen and oxygen atoms in total. The molecule has 2 radical (unpaired) electrons. The van der Waals surface area contributed by atoms with Crippen LogP contribution in [-0.2, 0) is 64.5 Å². The van der Waals surface area contributed by atoms with E-state index in [1.54, 1.807) is 30.3 Å². The third-order valence-corrected chi connectivity index (χ3v) is 11.6. The summed E-state index contributed by atoms with van der Waals surface area (Å²) in [5.74, 6) is -3.17. The smallest absolute Gasteiger partial charge is 0.506 e. The first-order valence-corrected chi connectivity index (χ1v) is 21.4. The number of aromatic hydroxyl groups is 4. The van der Waals surface area contributed by atoms with E-state index in [4.69, 9.17) is 0 Å². The number of nitrogens with zero attached hydrogens (tertiary/aromatic N) is 4. The van der Waals surface area contributed by atoms with Crippen molar-refractivity contribution in [3.8, 4) is 34.1 Å². The number of carbonyl (C=O) groups excluding carboxylic acids is 1. The molecule has 0 heterocycles. The molecule has 7 aromatic rings. The van der Waals surface area contributed by atoms with Crippen LogP contribution in [0.5, 0.6) is 23.0 Å². The number of rotatable bonds is 10. The Morgan fingerprint density at radius 3 is 1.50 bits per heavy atom. The predicted octanol–water partition coefficient (Wildman–Crippen LogP) is -0.687. The second-order valence-electron chi connectivity index (χ2n) is 13.0. The van der Waals surface area contributed by atoms with Crippen LogP contribution in [0.1, 0.15) is 10.4 Å². The molecule has 0 fully saturated rings. The molecule has 27 heteroatoms. The van der Waals surface area contributed by atoms with E-state index in [1.807, 2.05) is 0 Å². The summed E-state index contributed by atoms with van der Waals surface area (Å²) < 4.78 is 101. The molecule has 0 saturated heterocycles. The molecule has 0 unspecified atom stereocenters. The van der Waals surface area contributed by atoms with Crippen molar-refractivity contribution in [2.75, 3.05) is 5.32 Å². The molecule has 1 amide bonds. The van der Waals surface area contributed by atoms with Gasteiger partial charge >= 0.3 is 88.7 Å². The maximum atomic E-state index is 12.6. The van der Waals surface area contributed by atoms with Crippen LogP contribution in [-0.4, -0.2) is 65.2 Å². The number of azo groups is 2. The van der Waals surface area contributed by atoms with Gasteiger partial charge in [-0.3, -0.25) is 18.5 Å². The fourth-order valence-electron chi connectivity index (χ4n) is 6.09. The van der Waals surface area contributed by atoms with Gasteiger partial charge in [-0.05, 0) is 101 Å². The number of anilines is 1. The molecule has 66 heavy (non-hydrogen) atoms. The third-order valence-electron chi connectivity index (χ3n) is 9.02. The summed E-state index contributed by atoms with van der Waals surface area (Å²) in [6.07, 6.45) is 0. The minimum absolute atomic E-state index is 0. The number of hydrogen-bond acceptors (Lipinski definition) is 15. The van der Waals surface area contributed by atoms with Crippen molar-refractivity contribution in [3.05, 3.63) is 121 Å². The second-order valence-corrected chi connectivity index (χ2v) is 17.2. The summed E-state index contributed by atoms with van der Waals surface area (Å²) in [5.41, 5.74) is -0.386. The summed E-state index contributed by atoms with van der Waals surface area (Å²) in [4.78, 5) is 10.2.